The van der Waals surface area contributed by atoms with Crippen LogP contribution in [0.5, 0.6) is 11.5 Å². The summed E-state index contributed by atoms with van der Waals surface area (Å²) in [5.41, 5.74) is 2.47. The van der Waals surface area contributed by atoms with Crippen LogP contribution in [-0.2, 0) is 17.8 Å². The monoisotopic (exact) mass is 396 g/mol. The second-order valence-electron chi connectivity index (χ2n) is 7.52. The number of amides is 1. The molecule has 0 unspecified atom stereocenters. The summed E-state index contributed by atoms with van der Waals surface area (Å²) >= 11 is 0. The second-order valence-corrected chi connectivity index (χ2v) is 7.52. The predicted molar refractivity (Wildman–Crippen MR) is 115 cm³/mol. The zero-order valence-corrected chi connectivity index (χ0v) is 17.5. The van der Waals surface area contributed by atoms with Gasteiger partial charge in [-0.15, -0.1) is 0 Å². The summed E-state index contributed by atoms with van der Waals surface area (Å²) in [5.74, 6) is 2.10. The Balaban J connectivity index is 1.38. The van der Waals surface area contributed by atoms with Crippen LogP contribution in [0.1, 0.15) is 30.9 Å². The molecular weight excluding hydrogens is 364 g/mol. The van der Waals surface area contributed by atoms with Crippen LogP contribution in [0.4, 0.5) is 0 Å². The molecule has 0 atom stereocenters. The lowest BCUT2D eigenvalue weighted by molar-refractivity contribution is -0.126. The largest absolute Gasteiger partial charge is 0.497 e. The highest BCUT2D eigenvalue weighted by Gasteiger charge is 2.24. The fourth-order valence-electron chi connectivity index (χ4n) is 3.78. The van der Waals surface area contributed by atoms with E-state index in [0.717, 1.165) is 50.4 Å². The number of nitrogens with one attached hydrogen (secondary N) is 1. The predicted octanol–water partition coefficient (Wildman–Crippen LogP) is 3.66. The van der Waals surface area contributed by atoms with Crippen LogP contribution in [0, 0.1) is 5.92 Å². The van der Waals surface area contributed by atoms with E-state index in [-0.39, 0.29) is 11.8 Å². The third-order valence-corrected chi connectivity index (χ3v) is 5.45. The molecule has 5 nitrogen and oxygen atoms in total. The number of carbonyl (C=O) groups is 1. The Morgan fingerprint density at radius 3 is 2.52 bits per heavy atom. The normalized spacial score (nSPS) is 15.1. The second kappa shape index (κ2) is 10.9. The van der Waals surface area contributed by atoms with Crippen molar-refractivity contribution in [1.29, 1.82) is 0 Å². The summed E-state index contributed by atoms with van der Waals surface area (Å²) in [6.45, 7) is 6.18. The Morgan fingerprint density at radius 1 is 1.07 bits per heavy atom. The average Bonchev–Trinajstić information content (AvgIpc) is 2.75. The van der Waals surface area contributed by atoms with Crippen molar-refractivity contribution in [2.75, 3.05) is 33.4 Å². The van der Waals surface area contributed by atoms with E-state index < -0.39 is 0 Å². The molecule has 2 aromatic carbocycles. The van der Waals surface area contributed by atoms with Crippen molar-refractivity contribution in [2.24, 2.45) is 5.92 Å². The molecule has 1 heterocycles. The number of hydrogen-bond acceptors (Lipinski definition) is 4. The third-order valence-electron chi connectivity index (χ3n) is 5.45. The molecule has 1 amide bonds. The summed E-state index contributed by atoms with van der Waals surface area (Å²) in [7, 11) is 1.67. The lowest BCUT2D eigenvalue weighted by Gasteiger charge is -2.31. The zero-order chi connectivity index (χ0) is 20.5. The average molecular weight is 397 g/mol. The van der Waals surface area contributed by atoms with Crippen LogP contribution < -0.4 is 14.8 Å². The van der Waals surface area contributed by atoms with Crippen LogP contribution >= 0.6 is 0 Å². The minimum absolute atomic E-state index is 0.122. The lowest BCUT2D eigenvalue weighted by Crippen LogP contribution is -2.40. The highest BCUT2D eigenvalue weighted by atomic mass is 16.5. The molecule has 29 heavy (non-hydrogen) atoms. The minimum Gasteiger partial charge on any atom is -0.497 e. The first-order valence-corrected chi connectivity index (χ1v) is 10.5. The molecule has 5 heteroatoms. The van der Waals surface area contributed by atoms with Crippen molar-refractivity contribution < 1.29 is 14.3 Å². The van der Waals surface area contributed by atoms with Gasteiger partial charge in [-0.05, 0) is 74.7 Å². The summed E-state index contributed by atoms with van der Waals surface area (Å²) in [4.78, 5) is 14.9. The van der Waals surface area contributed by atoms with Gasteiger partial charge >= 0.3 is 0 Å². The van der Waals surface area contributed by atoms with E-state index in [1.165, 1.54) is 11.1 Å². The van der Waals surface area contributed by atoms with Crippen LogP contribution in [0.3, 0.4) is 0 Å². The van der Waals surface area contributed by atoms with Crippen molar-refractivity contribution in [1.82, 2.24) is 10.2 Å². The minimum atomic E-state index is 0.122. The number of likely N-dealkylation sites (tertiary alicyclic amines) is 1. The van der Waals surface area contributed by atoms with Gasteiger partial charge in [0.05, 0.1) is 13.7 Å². The van der Waals surface area contributed by atoms with E-state index in [1.807, 2.05) is 43.3 Å². The van der Waals surface area contributed by atoms with E-state index in [1.54, 1.807) is 7.11 Å². The first-order valence-electron chi connectivity index (χ1n) is 10.5. The maximum absolute atomic E-state index is 12.5. The molecule has 3 rings (SSSR count). The SMILES string of the molecule is CCOc1cccc(CN2CCC(C(=O)NCCc3ccc(OC)cc3)CC2)c1. The topological polar surface area (TPSA) is 50.8 Å². The molecule has 1 fully saturated rings. The summed E-state index contributed by atoms with van der Waals surface area (Å²) in [6, 6.07) is 16.3. The molecule has 0 bridgehead atoms. The van der Waals surface area contributed by atoms with E-state index in [2.05, 4.69) is 22.3 Å². The Labute approximate surface area is 174 Å². The fourth-order valence-corrected chi connectivity index (χ4v) is 3.78. The molecule has 2 aromatic rings. The smallest absolute Gasteiger partial charge is 0.223 e. The Bertz CT molecular complexity index is 768. The fraction of sp³-hybridized carbons (Fsp3) is 0.458. The molecule has 0 aromatic heterocycles. The van der Waals surface area contributed by atoms with Crippen LogP contribution in [0.15, 0.2) is 48.5 Å². The third kappa shape index (κ3) is 6.50. The van der Waals surface area contributed by atoms with Gasteiger partial charge < -0.3 is 14.8 Å². The molecule has 1 aliphatic heterocycles. The molecule has 0 spiro atoms. The summed E-state index contributed by atoms with van der Waals surface area (Å²) in [5, 5.41) is 3.11. The number of hydrogen-bond donors (Lipinski definition) is 1. The van der Waals surface area contributed by atoms with Gasteiger partial charge in [0.15, 0.2) is 0 Å². The highest BCUT2D eigenvalue weighted by molar-refractivity contribution is 5.78. The number of benzene rings is 2. The van der Waals surface area contributed by atoms with Gasteiger partial charge in [-0.3, -0.25) is 9.69 Å². The number of piperidine rings is 1. The molecule has 156 valence electrons. The van der Waals surface area contributed by atoms with E-state index >= 15 is 0 Å². The van der Waals surface area contributed by atoms with E-state index in [9.17, 15) is 4.79 Å². The van der Waals surface area contributed by atoms with Gasteiger partial charge in [-0.2, -0.15) is 0 Å². The molecule has 0 radical (unpaired) electrons. The van der Waals surface area contributed by atoms with Gasteiger partial charge in [0.25, 0.3) is 0 Å². The summed E-state index contributed by atoms with van der Waals surface area (Å²) in [6.07, 6.45) is 2.67. The Morgan fingerprint density at radius 2 is 1.83 bits per heavy atom. The van der Waals surface area contributed by atoms with Crippen molar-refractivity contribution in [2.45, 2.75) is 32.7 Å². The van der Waals surface area contributed by atoms with Crippen molar-refractivity contribution >= 4 is 5.91 Å². The first-order chi connectivity index (χ1) is 14.2. The van der Waals surface area contributed by atoms with Gasteiger partial charge in [0.2, 0.25) is 5.91 Å². The van der Waals surface area contributed by atoms with Crippen molar-refractivity contribution in [3.63, 3.8) is 0 Å². The number of carbonyl (C=O) groups excluding carboxylic acids is 1. The number of ether oxygens (including phenoxy) is 2. The standard InChI is InChI=1S/C24H32N2O3/c1-3-29-23-6-4-5-20(17-23)18-26-15-12-21(13-16-26)24(27)25-14-11-19-7-9-22(28-2)10-8-19/h4-10,17,21H,3,11-16,18H2,1-2H3,(H,25,27). The van der Waals surface area contributed by atoms with Gasteiger partial charge in [0.1, 0.15) is 11.5 Å². The zero-order valence-electron chi connectivity index (χ0n) is 17.5. The van der Waals surface area contributed by atoms with Gasteiger partial charge in [-0.1, -0.05) is 24.3 Å². The van der Waals surface area contributed by atoms with Crippen LogP contribution in [0.2, 0.25) is 0 Å². The van der Waals surface area contributed by atoms with Gasteiger partial charge in [-0.25, -0.2) is 0 Å². The molecule has 1 aliphatic rings. The van der Waals surface area contributed by atoms with Crippen LogP contribution in [-0.4, -0.2) is 44.2 Å². The van der Waals surface area contributed by atoms with Crippen LogP contribution in [0.25, 0.3) is 0 Å². The number of methoxy groups -OCH3 is 1. The van der Waals surface area contributed by atoms with Crippen molar-refractivity contribution in [3.05, 3.63) is 59.7 Å². The lowest BCUT2D eigenvalue weighted by atomic mass is 9.95. The van der Waals surface area contributed by atoms with E-state index in [0.29, 0.717) is 13.2 Å². The summed E-state index contributed by atoms with van der Waals surface area (Å²) < 4.78 is 10.8. The maximum atomic E-state index is 12.5. The van der Waals surface area contributed by atoms with E-state index in [4.69, 9.17) is 9.47 Å². The Hall–Kier alpha value is -2.53. The number of rotatable bonds is 9. The van der Waals surface area contributed by atoms with Gasteiger partial charge in [0, 0.05) is 19.0 Å². The first kappa shape index (κ1) is 21.2. The quantitative estimate of drug-likeness (QED) is 0.703. The molecule has 1 N–H and O–H groups in total. The highest BCUT2D eigenvalue weighted by Crippen LogP contribution is 2.21. The van der Waals surface area contributed by atoms with Crippen molar-refractivity contribution in [3.8, 4) is 11.5 Å². The number of nitrogens with zero attached hydrogens (tertiary/aromatic N) is 1. The molecule has 0 aliphatic carbocycles. The molecule has 0 saturated carbocycles. The maximum Gasteiger partial charge on any atom is 0.223 e. The Kier molecular flexibility index (Phi) is 7.94. The molecular formula is C24H32N2O3. The molecule has 1 saturated heterocycles.